The van der Waals surface area contributed by atoms with E-state index < -0.39 is 0 Å². The highest BCUT2D eigenvalue weighted by Crippen LogP contribution is 2.42. The van der Waals surface area contributed by atoms with Crippen LogP contribution in [-0.4, -0.2) is 18.6 Å². The number of rotatable bonds is 4. The van der Waals surface area contributed by atoms with Gasteiger partial charge in [-0.2, -0.15) is 0 Å². The molecule has 3 heteroatoms. The lowest BCUT2D eigenvalue weighted by molar-refractivity contribution is 0.119. The third kappa shape index (κ3) is 2.94. The van der Waals surface area contributed by atoms with E-state index >= 15 is 0 Å². The molecule has 3 nitrogen and oxygen atoms in total. The Kier molecular flexibility index (Phi) is 3.93. The molecule has 0 saturated heterocycles. The Morgan fingerprint density at radius 1 is 1.21 bits per heavy atom. The molecule has 0 spiro atoms. The lowest BCUT2D eigenvalue weighted by Crippen LogP contribution is -2.48. The van der Waals surface area contributed by atoms with Crippen LogP contribution in [0.4, 0.5) is 0 Å². The van der Waals surface area contributed by atoms with E-state index in [2.05, 4.69) is 6.92 Å². The van der Waals surface area contributed by atoms with Crippen LogP contribution in [0.5, 0.6) is 0 Å². The molecule has 1 fully saturated rings. The van der Waals surface area contributed by atoms with E-state index in [9.17, 15) is 0 Å². The fourth-order valence-corrected chi connectivity index (χ4v) is 2.87. The van der Waals surface area contributed by atoms with Crippen molar-refractivity contribution in [2.45, 2.75) is 51.0 Å². The normalized spacial score (nSPS) is 38.6. The van der Waals surface area contributed by atoms with Crippen LogP contribution in [0.3, 0.4) is 0 Å². The smallest absolute Gasteiger partial charge is 0.0131 e. The van der Waals surface area contributed by atoms with Gasteiger partial charge in [-0.15, -0.1) is 0 Å². The molecule has 2 atom stereocenters. The molecule has 0 aromatic carbocycles. The van der Waals surface area contributed by atoms with Crippen LogP contribution >= 0.6 is 0 Å². The maximum Gasteiger partial charge on any atom is 0.0131 e. The predicted molar refractivity (Wildman–Crippen MR) is 60.8 cm³/mol. The molecule has 0 aromatic heterocycles. The number of nitrogens with two attached hydrogens (primary N) is 3. The molecule has 84 valence electrons. The largest absolute Gasteiger partial charge is 0.330 e. The molecular weight excluding hydrogens is 174 g/mol. The topological polar surface area (TPSA) is 78.1 Å². The first-order valence-electron chi connectivity index (χ1n) is 5.73. The Balaban J connectivity index is 2.58. The minimum absolute atomic E-state index is 0.00772. The lowest BCUT2D eigenvalue weighted by Gasteiger charge is -2.44. The minimum atomic E-state index is -0.00772. The van der Waals surface area contributed by atoms with Crippen molar-refractivity contribution in [2.24, 2.45) is 22.6 Å². The SMILES string of the molecule is CC1(N)CCCC(CN)(CCCN)C1. The average Bonchev–Trinajstić information content (AvgIpc) is 2.13. The van der Waals surface area contributed by atoms with E-state index in [0.29, 0.717) is 0 Å². The summed E-state index contributed by atoms with van der Waals surface area (Å²) in [5, 5.41) is 0. The van der Waals surface area contributed by atoms with Gasteiger partial charge in [-0.3, -0.25) is 0 Å². The maximum atomic E-state index is 6.21. The quantitative estimate of drug-likeness (QED) is 0.631. The summed E-state index contributed by atoms with van der Waals surface area (Å²) < 4.78 is 0. The lowest BCUT2D eigenvalue weighted by atomic mass is 9.65. The van der Waals surface area contributed by atoms with Crippen molar-refractivity contribution in [2.75, 3.05) is 13.1 Å². The van der Waals surface area contributed by atoms with Gasteiger partial charge in [-0.05, 0) is 57.5 Å². The number of hydrogen-bond acceptors (Lipinski definition) is 3. The Morgan fingerprint density at radius 2 is 1.93 bits per heavy atom. The molecule has 2 unspecified atom stereocenters. The van der Waals surface area contributed by atoms with E-state index in [-0.39, 0.29) is 11.0 Å². The van der Waals surface area contributed by atoms with Gasteiger partial charge in [0, 0.05) is 5.54 Å². The highest BCUT2D eigenvalue weighted by Gasteiger charge is 2.38. The average molecular weight is 199 g/mol. The second kappa shape index (κ2) is 4.60. The van der Waals surface area contributed by atoms with Gasteiger partial charge < -0.3 is 17.2 Å². The molecule has 6 N–H and O–H groups in total. The Morgan fingerprint density at radius 3 is 2.43 bits per heavy atom. The Bertz CT molecular complexity index is 179. The first-order chi connectivity index (χ1) is 6.54. The monoisotopic (exact) mass is 199 g/mol. The second-order valence-electron chi connectivity index (χ2n) is 5.28. The van der Waals surface area contributed by atoms with E-state index in [1.807, 2.05) is 0 Å². The van der Waals surface area contributed by atoms with Crippen molar-refractivity contribution in [3.8, 4) is 0 Å². The summed E-state index contributed by atoms with van der Waals surface area (Å²) in [4.78, 5) is 0. The van der Waals surface area contributed by atoms with Gasteiger partial charge in [0.1, 0.15) is 0 Å². The maximum absolute atomic E-state index is 6.21. The van der Waals surface area contributed by atoms with Gasteiger partial charge in [0.15, 0.2) is 0 Å². The summed E-state index contributed by atoms with van der Waals surface area (Å²) >= 11 is 0. The molecule has 1 rings (SSSR count). The second-order valence-corrected chi connectivity index (χ2v) is 5.28. The Hall–Kier alpha value is -0.120. The summed E-state index contributed by atoms with van der Waals surface area (Å²) in [6, 6.07) is 0. The molecule has 14 heavy (non-hydrogen) atoms. The first kappa shape index (κ1) is 12.0. The fourth-order valence-electron chi connectivity index (χ4n) is 2.87. The zero-order chi connectivity index (χ0) is 10.7. The van der Waals surface area contributed by atoms with Crippen molar-refractivity contribution in [1.29, 1.82) is 0 Å². The third-order valence-corrected chi connectivity index (χ3v) is 3.58. The van der Waals surface area contributed by atoms with Gasteiger partial charge >= 0.3 is 0 Å². The van der Waals surface area contributed by atoms with E-state index in [4.69, 9.17) is 17.2 Å². The molecule has 1 aliphatic rings. The van der Waals surface area contributed by atoms with Crippen LogP contribution in [0, 0.1) is 5.41 Å². The zero-order valence-electron chi connectivity index (χ0n) is 9.39. The van der Waals surface area contributed by atoms with Gasteiger partial charge in [0.2, 0.25) is 0 Å². The summed E-state index contributed by atoms with van der Waals surface area (Å²) in [6.45, 7) is 3.68. The highest BCUT2D eigenvalue weighted by molar-refractivity contribution is 4.95. The van der Waals surface area contributed by atoms with Crippen LogP contribution in [0.15, 0.2) is 0 Å². The fraction of sp³-hybridized carbons (Fsp3) is 1.00. The van der Waals surface area contributed by atoms with Gasteiger partial charge in [-0.1, -0.05) is 6.42 Å². The molecule has 1 aliphatic carbocycles. The molecule has 0 aromatic rings. The van der Waals surface area contributed by atoms with E-state index in [1.54, 1.807) is 0 Å². The molecule has 0 heterocycles. The van der Waals surface area contributed by atoms with Crippen LogP contribution in [0.1, 0.15) is 45.4 Å². The number of hydrogen-bond donors (Lipinski definition) is 3. The van der Waals surface area contributed by atoms with Crippen molar-refractivity contribution >= 4 is 0 Å². The molecule has 0 bridgehead atoms. The van der Waals surface area contributed by atoms with Crippen molar-refractivity contribution in [1.82, 2.24) is 0 Å². The predicted octanol–water partition coefficient (Wildman–Crippen LogP) is 0.962. The van der Waals surface area contributed by atoms with Crippen LogP contribution in [0.2, 0.25) is 0 Å². The van der Waals surface area contributed by atoms with Crippen molar-refractivity contribution in [3.05, 3.63) is 0 Å². The summed E-state index contributed by atoms with van der Waals surface area (Å²) in [5.41, 5.74) is 17.9. The molecule has 1 saturated carbocycles. The molecular formula is C11H25N3. The zero-order valence-corrected chi connectivity index (χ0v) is 9.39. The molecule has 0 radical (unpaired) electrons. The van der Waals surface area contributed by atoms with E-state index in [0.717, 1.165) is 38.8 Å². The third-order valence-electron chi connectivity index (χ3n) is 3.58. The minimum Gasteiger partial charge on any atom is -0.330 e. The molecule has 0 amide bonds. The summed E-state index contributed by atoms with van der Waals surface area (Å²) in [7, 11) is 0. The van der Waals surface area contributed by atoms with E-state index in [1.165, 1.54) is 12.8 Å². The van der Waals surface area contributed by atoms with Crippen molar-refractivity contribution < 1.29 is 0 Å². The summed E-state index contributed by atoms with van der Waals surface area (Å²) in [6.07, 6.45) is 6.87. The molecule has 0 aliphatic heterocycles. The van der Waals surface area contributed by atoms with Crippen molar-refractivity contribution in [3.63, 3.8) is 0 Å². The highest BCUT2D eigenvalue weighted by atomic mass is 14.8. The Labute approximate surface area is 87.4 Å². The van der Waals surface area contributed by atoms with Gasteiger partial charge in [0.25, 0.3) is 0 Å². The summed E-state index contributed by atoms with van der Waals surface area (Å²) in [5.74, 6) is 0. The van der Waals surface area contributed by atoms with Crippen LogP contribution in [0.25, 0.3) is 0 Å². The standard InChI is InChI=1S/C11H25N3/c1-10(14)4-2-5-11(8-10,9-13)6-3-7-12/h2-9,12-14H2,1H3. The van der Waals surface area contributed by atoms with Gasteiger partial charge in [-0.25, -0.2) is 0 Å². The van der Waals surface area contributed by atoms with Gasteiger partial charge in [0.05, 0.1) is 0 Å². The van der Waals surface area contributed by atoms with Crippen LogP contribution < -0.4 is 17.2 Å². The first-order valence-corrected chi connectivity index (χ1v) is 5.73. The van der Waals surface area contributed by atoms with Crippen LogP contribution in [-0.2, 0) is 0 Å².